The predicted molar refractivity (Wildman–Crippen MR) is 85.1 cm³/mol. The molecule has 0 saturated heterocycles. The van der Waals surface area contributed by atoms with Gasteiger partial charge in [-0.1, -0.05) is 33.6 Å². The molecule has 100 valence electrons. The summed E-state index contributed by atoms with van der Waals surface area (Å²) < 4.78 is 0.970. The summed E-state index contributed by atoms with van der Waals surface area (Å²) in [5.74, 6) is 0. The van der Waals surface area contributed by atoms with Crippen LogP contribution in [0.1, 0.15) is 16.7 Å². The molecule has 1 N–H and O–H groups in total. The third-order valence-corrected chi connectivity index (χ3v) is 4.29. The molecule has 0 amide bonds. The van der Waals surface area contributed by atoms with Gasteiger partial charge in [0.2, 0.25) is 0 Å². The number of hydrogen-bond donors (Lipinski definition) is 1. The molecular weight excluding hydrogens is 336 g/mol. The maximum Gasteiger partial charge on any atom is 0.101 e. The molecule has 0 aliphatic heterocycles. The summed E-state index contributed by atoms with van der Waals surface area (Å²) in [6, 6.07) is 14.2. The Morgan fingerprint density at radius 2 is 1.95 bits per heavy atom. The first-order valence-corrected chi connectivity index (χ1v) is 7.56. The highest BCUT2D eigenvalue weighted by atomic mass is 79.9. The number of benzene rings is 2. The monoisotopic (exact) mass is 346 g/mol. The second-order valence-corrected chi connectivity index (χ2v) is 6.32. The molecule has 20 heavy (non-hydrogen) atoms. The zero-order valence-corrected chi connectivity index (χ0v) is 13.0. The Hall–Kier alpha value is -1.50. The van der Waals surface area contributed by atoms with Gasteiger partial charge in [0, 0.05) is 15.5 Å². The van der Waals surface area contributed by atoms with E-state index in [-0.39, 0.29) is 0 Å². The van der Waals surface area contributed by atoms with Gasteiger partial charge < -0.3 is 5.32 Å². The SMILES string of the molecule is N#Cc1ccc(Br)cc1NC1Cc2ccc(Cl)cc2C1. The minimum Gasteiger partial charge on any atom is -0.381 e. The average molecular weight is 348 g/mol. The van der Waals surface area contributed by atoms with Crippen LogP contribution < -0.4 is 5.32 Å². The maximum atomic E-state index is 9.17. The van der Waals surface area contributed by atoms with Crippen molar-refractivity contribution >= 4 is 33.2 Å². The number of fused-ring (bicyclic) bond motifs is 1. The van der Waals surface area contributed by atoms with Crippen LogP contribution in [-0.4, -0.2) is 6.04 Å². The molecule has 2 nitrogen and oxygen atoms in total. The van der Waals surface area contributed by atoms with E-state index in [1.54, 1.807) is 0 Å². The molecule has 0 aromatic heterocycles. The second-order valence-electron chi connectivity index (χ2n) is 4.96. The van der Waals surface area contributed by atoms with Crippen LogP contribution in [-0.2, 0) is 12.8 Å². The van der Waals surface area contributed by atoms with E-state index in [2.05, 4.69) is 33.4 Å². The Balaban J connectivity index is 1.81. The zero-order valence-electron chi connectivity index (χ0n) is 10.7. The van der Waals surface area contributed by atoms with Crippen LogP contribution in [0, 0.1) is 11.3 Å². The number of nitriles is 1. The highest BCUT2D eigenvalue weighted by molar-refractivity contribution is 9.10. The molecule has 0 heterocycles. The first-order valence-electron chi connectivity index (χ1n) is 6.39. The standard InChI is InChI=1S/C16H12BrClN2/c17-13-3-1-11(9-19)16(8-13)20-15-6-10-2-4-14(18)5-12(10)7-15/h1-5,8,15,20H,6-7H2. The van der Waals surface area contributed by atoms with E-state index in [9.17, 15) is 5.26 Å². The maximum absolute atomic E-state index is 9.17. The van der Waals surface area contributed by atoms with Crippen molar-refractivity contribution in [3.05, 3.63) is 62.6 Å². The fraction of sp³-hybridized carbons (Fsp3) is 0.188. The number of rotatable bonds is 2. The van der Waals surface area contributed by atoms with Crippen molar-refractivity contribution in [2.45, 2.75) is 18.9 Å². The number of hydrogen-bond acceptors (Lipinski definition) is 2. The lowest BCUT2D eigenvalue weighted by molar-refractivity contribution is 0.774. The molecular formula is C16H12BrClN2. The lowest BCUT2D eigenvalue weighted by Crippen LogP contribution is -2.20. The van der Waals surface area contributed by atoms with Crippen LogP contribution in [0.5, 0.6) is 0 Å². The Bertz CT molecular complexity index is 706. The number of halogens is 2. The lowest BCUT2D eigenvalue weighted by atomic mass is 10.1. The van der Waals surface area contributed by atoms with Crippen LogP contribution in [0.15, 0.2) is 40.9 Å². The van der Waals surface area contributed by atoms with Gasteiger partial charge in [-0.05, 0) is 54.3 Å². The van der Waals surface area contributed by atoms with E-state index in [1.807, 2.05) is 30.3 Å². The number of anilines is 1. The van der Waals surface area contributed by atoms with E-state index in [1.165, 1.54) is 11.1 Å². The van der Waals surface area contributed by atoms with Gasteiger partial charge in [-0.25, -0.2) is 0 Å². The van der Waals surface area contributed by atoms with E-state index in [0.29, 0.717) is 11.6 Å². The summed E-state index contributed by atoms with van der Waals surface area (Å²) in [5.41, 5.74) is 4.18. The van der Waals surface area contributed by atoms with Gasteiger partial charge in [0.05, 0.1) is 11.3 Å². The van der Waals surface area contributed by atoms with Crippen LogP contribution in [0.25, 0.3) is 0 Å². The highest BCUT2D eigenvalue weighted by Crippen LogP contribution is 2.29. The summed E-state index contributed by atoms with van der Waals surface area (Å²) in [5, 5.41) is 13.4. The van der Waals surface area contributed by atoms with Gasteiger partial charge in [-0.15, -0.1) is 0 Å². The van der Waals surface area contributed by atoms with Crippen LogP contribution in [0.4, 0.5) is 5.69 Å². The fourth-order valence-corrected chi connectivity index (χ4v) is 3.20. The van der Waals surface area contributed by atoms with Crippen molar-refractivity contribution in [3.8, 4) is 6.07 Å². The summed E-state index contributed by atoms with van der Waals surface area (Å²) in [4.78, 5) is 0. The molecule has 0 spiro atoms. The molecule has 0 fully saturated rings. The number of nitrogens with one attached hydrogen (secondary N) is 1. The van der Waals surface area contributed by atoms with Gasteiger partial charge in [-0.3, -0.25) is 0 Å². The van der Waals surface area contributed by atoms with Crippen molar-refractivity contribution in [2.75, 3.05) is 5.32 Å². The summed E-state index contributed by atoms with van der Waals surface area (Å²) >= 11 is 9.48. The smallest absolute Gasteiger partial charge is 0.101 e. The fourth-order valence-electron chi connectivity index (χ4n) is 2.64. The molecule has 0 saturated carbocycles. The molecule has 1 aliphatic carbocycles. The highest BCUT2D eigenvalue weighted by Gasteiger charge is 2.22. The van der Waals surface area contributed by atoms with E-state index in [4.69, 9.17) is 11.6 Å². The quantitative estimate of drug-likeness (QED) is 0.865. The molecule has 2 aromatic carbocycles. The largest absolute Gasteiger partial charge is 0.381 e. The van der Waals surface area contributed by atoms with Gasteiger partial charge >= 0.3 is 0 Å². The Morgan fingerprint density at radius 1 is 1.15 bits per heavy atom. The lowest BCUT2D eigenvalue weighted by Gasteiger charge is -2.15. The molecule has 4 heteroatoms. The first-order chi connectivity index (χ1) is 9.65. The van der Waals surface area contributed by atoms with Gasteiger partial charge in [0.1, 0.15) is 6.07 Å². The van der Waals surface area contributed by atoms with Crippen molar-refractivity contribution < 1.29 is 0 Å². The first kappa shape index (κ1) is 13.5. The molecule has 3 rings (SSSR count). The number of nitrogens with zero attached hydrogens (tertiary/aromatic N) is 1. The van der Waals surface area contributed by atoms with Gasteiger partial charge in [-0.2, -0.15) is 5.26 Å². The van der Waals surface area contributed by atoms with Gasteiger partial charge in [0.25, 0.3) is 0 Å². The minimum atomic E-state index is 0.310. The van der Waals surface area contributed by atoms with E-state index in [0.717, 1.165) is 28.0 Å². The molecule has 0 bridgehead atoms. The Morgan fingerprint density at radius 3 is 2.75 bits per heavy atom. The predicted octanol–water partition coefficient (Wildman–Crippen LogP) is 4.55. The second kappa shape index (κ2) is 5.47. The summed E-state index contributed by atoms with van der Waals surface area (Å²) in [7, 11) is 0. The third-order valence-electron chi connectivity index (χ3n) is 3.56. The summed E-state index contributed by atoms with van der Waals surface area (Å²) in [6.45, 7) is 0. The molecule has 1 unspecified atom stereocenters. The normalized spacial score (nSPS) is 16.6. The van der Waals surface area contributed by atoms with Crippen LogP contribution >= 0.6 is 27.5 Å². The minimum absolute atomic E-state index is 0.310. The van der Waals surface area contributed by atoms with Crippen LogP contribution in [0.2, 0.25) is 5.02 Å². The van der Waals surface area contributed by atoms with Crippen molar-refractivity contribution in [2.24, 2.45) is 0 Å². The summed E-state index contributed by atoms with van der Waals surface area (Å²) in [6.07, 6.45) is 1.90. The molecule has 0 radical (unpaired) electrons. The molecule has 1 atom stereocenters. The zero-order chi connectivity index (χ0) is 14.1. The Kier molecular flexibility index (Phi) is 3.69. The van der Waals surface area contributed by atoms with Gasteiger partial charge in [0.15, 0.2) is 0 Å². The van der Waals surface area contributed by atoms with Crippen molar-refractivity contribution in [1.82, 2.24) is 0 Å². The average Bonchev–Trinajstić information content (AvgIpc) is 2.80. The Labute approximate surface area is 131 Å². The van der Waals surface area contributed by atoms with E-state index < -0.39 is 0 Å². The van der Waals surface area contributed by atoms with E-state index >= 15 is 0 Å². The van der Waals surface area contributed by atoms with Crippen LogP contribution in [0.3, 0.4) is 0 Å². The van der Waals surface area contributed by atoms with Crippen molar-refractivity contribution in [3.63, 3.8) is 0 Å². The topological polar surface area (TPSA) is 35.8 Å². The van der Waals surface area contributed by atoms with Crippen molar-refractivity contribution in [1.29, 1.82) is 5.26 Å². The molecule has 1 aliphatic rings. The molecule has 2 aromatic rings. The third kappa shape index (κ3) is 2.67.